The van der Waals surface area contributed by atoms with Crippen LogP contribution >= 0.6 is 0 Å². The minimum Gasteiger partial charge on any atom is -0.479 e. The number of anilines is 1. The molecule has 2 aromatic rings. The van der Waals surface area contributed by atoms with E-state index >= 15 is 0 Å². The molecule has 0 radical (unpaired) electrons. The summed E-state index contributed by atoms with van der Waals surface area (Å²) >= 11 is 0. The number of rotatable bonds is 4. The van der Waals surface area contributed by atoms with Gasteiger partial charge in [-0.2, -0.15) is 5.10 Å². The van der Waals surface area contributed by atoms with Gasteiger partial charge in [-0.05, 0) is 25.1 Å². The number of pyridine rings is 1. The van der Waals surface area contributed by atoms with Crippen LogP contribution in [0.1, 0.15) is 58.0 Å². The second kappa shape index (κ2) is 6.96. The number of carbonyl (C=O) groups is 1. The lowest BCUT2D eigenvalue weighted by molar-refractivity contribution is -0.149. The van der Waals surface area contributed by atoms with Crippen molar-refractivity contribution in [2.45, 2.75) is 57.6 Å². The molecule has 1 fully saturated rings. The third kappa shape index (κ3) is 3.69. The van der Waals surface area contributed by atoms with Gasteiger partial charge in [0.25, 0.3) is 0 Å². The van der Waals surface area contributed by atoms with Crippen molar-refractivity contribution < 1.29 is 15.0 Å². The van der Waals surface area contributed by atoms with Crippen molar-refractivity contribution in [3.8, 4) is 0 Å². The van der Waals surface area contributed by atoms with Crippen molar-refractivity contribution in [3.05, 3.63) is 41.9 Å². The molecule has 0 amide bonds. The van der Waals surface area contributed by atoms with E-state index in [1.807, 2.05) is 18.2 Å². The highest BCUT2D eigenvalue weighted by Gasteiger charge is 2.44. The Balaban J connectivity index is 1.83. The highest BCUT2D eigenvalue weighted by Crippen LogP contribution is 2.33. The number of aliphatic hydroxyl groups is 1. The minimum absolute atomic E-state index is 0.128. The van der Waals surface area contributed by atoms with Crippen molar-refractivity contribution in [1.82, 2.24) is 14.8 Å². The third-order valence-electron chi connectivity index (χ3n) is 5.29. The number of carboxylic acids is 1. The van der Waals surface area contributed by atoms with Gasteiger partial charge in [-0.3, -0.25) is 4.68 Å². The Morgan fingerprint density at radius 2 is 1.89 bits per heavy atom. The van der Waals surface area contributed by atoms with E-state index in [4.69, 9.17) is 0 Å². The third-order valence-corrected chi connectivity index (χ3v) is 5.29. The summed E-state index contributed by atoms with van der Waals surface area (Å²) in [6, 6.07) is 7.46. The molecule has 0 bridgehead atoms. The average molecular weight is 372 g/mol. The summed E-state index contributed by atoms with van der Waals surface area (Å²) in [7, 11) is 0. The molecule has 3 rings (SSSR count). The molecule has 0 spiro atoms. The van der Waals surface area contributed by atoms with Crippen molar-refractivity contribution in [2.24, 2.45) is 0 Å². The fourth-order valence-corrected chi connectivity index (χ4v) is 3.46. The van der Waals surface area contributed by atoms with E-state index in [9.17, 15) is 15.0 Å². The first-order valence-electron chi connectivity index (χ1n) is 9.33. The number of aromatic nitrogens is 3. The Bertz CT molecular complexity index is 815. The molecule has 1 atom stereocenters. The Hall–Kier alpha value is -2.41. The largest absolute Gasteiger partial charge is 0.479 e. The topological polar surface area (TPSA) is 91.5 Å². The fourth-order valence-electron chi connectivity index (χ4n) is 3.46. The molecule has 2 N–H and O–H groups in total. The van der Waals surface area contributed by atoms with Crippen LogP contribution in [0.3, 0.4) is 0 Å². The second-order valence-electron chi connectivity index (χ2n) is 8.32. The first kappa shape index (κ1) is 19.4. The second-order valence-corrected chi connectivity index (χ2v) is 8.32. The molecule has 1 saturated heterocycles. The Kier molecular flexibility index (Phi) is 4.99. The highest BCUT2D eigenvalue weighted by molar-refractivity contribution is 5.77. The van der Waals surface area contributed by atoms with E-state index in [-0.39, 0.29) is 5.41 Å². The van der Waals surface area contributed by atoms with Crippen molar-refractivity contribution in [2.75, 3.05) is 18.0 Å². The van der Waals surface area contributed by atoms with Gasteiger partial charge < -0.3 is 15.1 Å². The van der Waals surface area contributed by atoms with Gasteiger partial charge in [0.15, 0.2) is 5.54 Å². The van der Waals surface area contributed by atoms with Gasteiger partial charge in [0, 0.05) is 37.5 Å². The van der Waals surface area contributed by atoms with Crippen LogP contribution < -0.4 is 4.90 Å². The molecule has 0 unspecified atom stereocenters. The van der Waals surface area contributed by atoms with Gasteiger partial charge in [-0.1, -0.05) is 26.8 Å². The number of hydrogen-bond acceptors (Lipinski definition) is 5. The number of carboxylic acid groups (broad SMARTS) is 1. The van der Waals surface area contributed by atoms with E-state index < -0.39 is 17.6 Å². The standard InChI is InChI=1S/C20H28N4O3/c1-14(25)15-6-5-7-17(21-15)23-12-9-20(10-13-23,18(26)27)24-11-8-16(22-24)19(2,3)4/h5-8,11,14,25H,9-10,12-13H2,1-4H3,(H,26,27)/t14-/m0/s1. The van der Waals surface area contributed by atoms with Gasteiger partial charge in [0.2, 0.25) is 0 Å². The van der Waals surface area contributed by atoms with Gasteiger partial charge in [-0.25, -0.2) is 9.78 Å². The quantitative estimate of drug-likeness (QED) is 0.857. The van der Waals surface area contributed by atoms with Gasteiger partial charge in [-0.15, -0.1) is 0 Å². The van der Waals surface area contributed by atoms with Crippen LogP contribution in [-0.4, -0.2) is 44.0 Å². The molecular formula is C20H28N4O3. The molecular weight excluding hydrogens is 344 g/mol. The lowest BCUT2D eigenvalue weighted by atomic mass is 9.87. The number of hydrogen-bond donors (Lipinski definition) is 2. The van der Waals surface area contributed by atoms with E-state index in [0.717, 1.165) is 11.5 Å². The van der Waals surface area contributed by atoms with Crippen molar-refractivity contribution in [3.63, 3.8) is 0 Å². The number of aliphatic carboxylic acids is 1. The lowest BCUT2D eigenvalue weighted by Gasteiger charge is -2.39. The van der Waals surface area contributed by atoms with Crippen molar-refractivity contribution in [1.29, 1.82) is 0 Å². The summed E-state index contributed by atoms with van der Waals surface area (Å²) in [5.41, 5.74) is 0.333. The summed E-state index contributed by atoms with van der Waals surface area (Å²) < 4.78 is 1.63. The maximum Gasteiger partial charge on any atom is 0.331 e. The number of piperidine rings is 1. The molecule has 3 heterocycles. The molecule has 27 heavy (non-hydrogen) atoms. The molecule has 0 aromatic carbocycles. The summed E-state index contributed by atoms with van der Waals surface area (Å²) in [4.78, 5) is 18.8. The summed E-state index contributed by atoms with van der Waals surface area (Å²) in [5.74, 6) is -0.0837. The summed E-state index contributed by atoms with van der Waals surface area (Å²) in [6.45, 7) is 9.01. The van der Waals surface area contributed by atoms with Crippen LogP contribution in [0.2, 0.25) is 0 Å². The normalized spacial score (nSPS) is 18.3. The SMILES string of the molecule is C[C@H](O)c1cccc(N2CCC(C(=O)O)(n3ccc(C(C)(C)C)n3)CC2)n1. The molecule has 1 aliphatic heterocycles. The smallest absolute Gasteiger partial charge is 0.331 e. The van der Waals surface area contributed by atoms with E-state index in [2.05, 4.69) is 35.8 Å². The predicted octanol–water partition coefficient (Wildman–Crippen LogP) is 2.71. The monoisotopic (exact) mass is 372 g/mol. The number of aliphatic hydroxyl groups excluding tert-OH is 1. The molecule has 1 aliphatic rings. The van der Waals surface area contributed by atoms with Crippen LogP contribution in [0.4, 0.5) is 5.82 Å². The molecule has 7 heteroatoms. The van der Waals surface area contributed by atoms with E-state index in [0.29, 0.717) is 31.6 Å². The highest BCUT2D eigenvalue weighted by atomic mass is 16.4. The van der Waals surface area contributed by atoms with Crippen LogP contribution in [-0.2, 0) is 15.7 Å². The molecule has 146 valence electrons. The Morgan fingerprint density at radius 1 is 1.22 bits per heavy atom. The zero-order valence-corrected chi connectivity index (χ0v) is 16.4. The van der Waals surface area contributed by atoms with Gasteiger partial charge in [0.05, 0.1) is 17.5 Å². The average Bonchev–Trinajstić information content (AvgIpc) is 3.12. The lowest BCUT2D eigenvalue weighted by Crippen LogP contribution is -2.51. The predicted molar refractivity (Wildman–Crippen MR) is 103 cm³/mol. The maximum absolute atomic E-state index is 12.2. The van der Waals surface area contributed by atoms with Gasteiger partial charge >= 0.3 is 5.97 Å². The first-order valence-corrected chi connectivity index (χ1v) is 9.33. The van der Waals surface area contributed by atoms with Crippen LogP contribution in [0, 0.1) is 0 Å². The zero-order valence-electron chi connectivity index (χ0n) is 16.4. The molecule has 7 nitrogen and oxygen atoms in total. The zero-order chi connectivity index (χ0) is 19.8. The fraction of sp³-hybridized carbons (Fsp3) is 0.550. The summed E-state index contributed by atoms with van der Waals surface area (Å²) in [5, 5.41) is 24.4. The molecule has 2 aromatic heterocycles. The maximum atomic E-state index is 12.2. The van der Waals surface area contributed by atoms with Gasteiger partial charge in [0.1, 0.15) is 5.82 Å². The van der Waals surface area contributed by atoms with Crippen molar-refractivity contribution >= 4 is 11.8 Å². The molecule has 0 aliphatic carbocycles. The van der Waals surface area contributed by atoms with E-state index in [1.165, 1.54) is 0 Å². The Labute approximate surface area is 159 Å². The van der Waals surface area contributed by atoms with E-state index in [1.54, 1.807) is 23.9 Å². The van der Waals surface area contributed by atoms with Crippen LogP contribution in [0.25, 0.3) is 0 Å². The van der Waals surface area contributed by atoms with Crippen LogP contribution in [0.5, 0.6) is 0 Å². The summed E-state index contributed by atoms with van der Waals surface area (Å²) in [6.07, 6.45) is 2.03. The Morgan fingerprint density at radius 3 is 2.41 bits per heavy atom. The first-order chi connectivity index (χ1) is 12.6. The van der Waals surface area contributed by atoms with Crippen LogP contribution in [0.15, 0.2) is 30.5 Å². The molecule has 0 saturated carbocycles. The number of nitrogens with zero attached hydrogens (tertiary/aromatic N) is 4. The minimum atomic E-state index is -1.04.